The van der Waals surface area contributed by atoms with E-state index in [1.165, 1.54) is 0 Å². The molecule has 88 valence electrons. The lowest BCUT2D eigenvalue weighted by molar-refractivity contribution is -0.139. The number of hydrogen-bond donors (Lipinski definition) is 1. The molecule has 0 amide bonds. The van der Waals surface area contributed by atoms with E-state index in [4.69, 9.17) is 5.11 Å². The molecule has 0 heterocycles. The van der Waals surface area contributed by atoms with Crippen molar-refractivity contribution in [3.05, 3.63) is 0 Å². The highest BCUT2D eigenvalue weighted by molar-refractivity contribution is 5.84. The highest BCUT2D eigenvalue weighted by Crippen LogP contribution is 2.18. The number of ketones is 1. The number of carboxylic acid groups (broad SMARTS) is 1. The molecule has 0 radical (unpaired) electrons. The van der Waals surface area contributed by atoms with Crippen LogP contribution in [-0.2, 0) is 9.59 Å². The number of unbranched alkanes of at least 4 members (excludes halogenated alkanes) is 1. The molecule has 0 bridgehead atoms. The molecule has 3 nitrogen and oxygen atoms in total. The largest absolute Gasteiger partial charge is 0.481 e. The van der Waals surface area contributed by atoms with Gasteiger partial charge in [-0.25, -0.2) is 0 Å². The van der Waals surface area contributed by atoms with E-state index in [9.17, 15) is 9.59 Å². The van der Waals surface area contributed by atoms with Crippen molar-refractivity contribution in [2.45, 2.75) is 58.8 Å². The first-order valence-electron chi connectivity index (χ1n) is 5.86. The third-order valence-electron chi connectivity index (χ3n) is 2.58. The Morgan fingerprint density at radius 2 is 1.73 bits per heavy atom. The minimum Gasteiger partial charge on any atom is -0.481 e. The Kier molecular flexibility index (Phi) is 7.96. The second-order valence-electron chi connectivity index (χ2n) is 3.99. The van der Waals surface area contributed by atoms with Gasteiger partial charge in [0.05, 0.1) is 6.42 Å². The Balaban J connectivity index is 3.97. The second kappa shape index (κ2) is 8.45. The fourth-order valence-electron chi connectivity index (χ4n) is 1.70. The summed E-state index contributed by atoms with van der Waals surface area (Å²) < 4.78 is 0. The monoisotopic (exact) mass is 214 g/mol. The van der Waals surface area contributed by atoms with Crippen LogP contribution in [0.25, 0.3) is 0 Å². The first-order chi connectivity index (χ1) is 7.11. The summed E-state index contributed by atoms with van der Waals surface area (Å²) in [5.74, 6) is -0.656. The van der Waals surface area contributed by atoms with E-state index in [0.29, 0.717) is 0 Å². The predicted molar refractivity (Wildman–Crippen MR) is 59.8 cm³/mol. The smallest absolute Gasteiger partial charge is 0.303 e. The number of carboxylic acids is 1. The van der Waals surface area contributed by atoms with Crippen LogP contribution >= 0.6 is 0 Å². The molecule has 1 unspecified atom stereocenters. The predicted octanol–water partition coefficient (Wildman–Crippen LogP) is 3.03. The van der Waals surface area contributed by atoms with Crippen LogP contribution in [-0.4, -0.2) is 16.9 Å². The molecule has 0 aromatic heterocycles. The summed E-state index contributed by atoms with van der Waals surface area (Å²) in [6, 6.07) is 0. The molecule has 0 spiro atoms. The Morgan fingerprint density at radius 1 is 1.07 bits per heavy atom. The SMILES string of the molecule is CCCCC(CCC)C(=O)CCC(=O)O. The molecular weight excluding hydrogens is 192 g/mol. The van der Waals surface area contributed by atoms with E-state index in [1.807, 2.05) is 0 Å². The van der Waals surface area contributed by atoms with Crippen molar-refractivity contribution in [3.63, 3.8) is 0 Å². The maximum Gasteiger partial charge on any atom is 0.303 e. The topological polar surface area (TPSA) is 54.4 Å². The van der Waals surface area contributed by atoms with Gasteiger partial charge in [-0.05, 0) is 12.8 Å². The Morgan fingerprint density at radius 3 is 2.20 bits per heavy atom. The highest BCUT2D eigenvalue weighted by Gasteiger charge is 2.17. The average molecular weight is 214 g/mol. The van der Waals surface area contributed by atoms with Crippen molar-refractivity contribution in [1.29, 1.82) is 0 Å². The first-order valence-corrected chi connectivity index (χ1v) is 5.86. The third kappa shape index (κ3) is 7.11. The van der Waals surface area contributed by atoms with Gasteiger partial charge in [-0.3, -0.25) is 9.59 Å². The lowest BCUT2D eigenvalue weighted by Crippen LogP contribution is -2.15. The molecular formula is C12H22O3. The summed E-state index contributed by atoms with van der Waals surface area (Å²) in [4.78, 5) is 22.0. The van der Waals surface area contributed by atoms with Crippen molar-refractivity contribution in [3.8, 4) is 0 Å². The molecule has 0 aromatic carbocycles. The van der Waals surface area contributed by atoms with Gasteiger partial charge in [0.15, 0.2) is 0 Å². The van der Waals surface area contributed by atoms with Crippen LogP contribution in [0, 0.1) is 5.92 Å². The standard InChI is InChI=1S/C12H22O3/c1-3-5-7-10(6-4-2)11(13)8-9-12(14)15/h10H,3-9H2,1-2H3,(H,14,15). The minimum atomic E-state index is -0.880. The molecule has 0 fully saturated rings. The summed E-state index contributed by atoms with van der Waals surface area (Å²) in [6.45, 7) is 4.16. The van der Waals surface area contributed by atoms with Crippen molar-refractivity contribution < 1.29 is 14.7 Å². The minimum absolute atomic E-state index is 0.0226. The van der Waals surface area contributed by atoms with Crippen LogP contribution in [0.4, 0.5) is 0 Å². The third-order valence-corrected chi connectivity index (χ3v) is 2.58. The zero-order valence-corrected chi connectivity index (χ0v) is 9.79. The van der Waals surface area contributed by atoms with Gasteiger partial charge in [-0.2, -0.15) is 0 Å². The fraction of sp³-hybridized carbons (Fsp3) is 0.833. The number of Topliss-reactive ketones (excluding diaryl/α,β-unsaturated/α-hetero) is 1. The number of carbonyl (C=O) groups excluding carboxylic acids is 1. The molecule has 1 N–H and O–H groups in total. The van der Waals surface area contributed by atoms with E-state index in [2.05, 4.69) is 13.8 Å². The molecule has 0 aliphatic rings. The summed E-state index contributed by atoms with van der Waals surface area (Å²) in [5.41, 5.74) is 0. The van der Waals surface area contributed by atoms with Gasteiger partial charge in [0.2, 0.25) is 0 Å². The molecule has 0 saturated carbocycles. The van der Waals surface area contributed by atoms with Crippen LogP contribution in [0.3, 0.4) is 0 Å². The van der Waals surface area contributed by atoms with Crippen LogP contribution in [0.1, 0.15) is 58.8 Å². The van der Waals surface area contributed by atoms with Gasteiger partial charge in [-0.1, -0.05) is 33.1 Å². The molecule has 0 aromatic rings. The molecule has 0 saturated heterocycles. The number of aliphatic carboxylic acids is 1. The van der Waals surface area contributed by atoms with Gasteiger partial charge in [0.1, 0.15) is 5.78 Å². The lowest BCUT2D eigenvalue weighted by Gasteiger charge is -2.13. The normalized spacial score (nSPS) is 12.4. The Hall–Kier alpha value is -0.860. The maximum absolute atomic E-state index is 11.7. The molecule has 0 aliphatic carbocycles. The average Bonchev–Trinajstić information content (AvgIpc) is 2.20. The zero-order chi connectivity index (χ0) is 11.7. The highest BCUT2D eigenvalue weighted by atomic mass is 16.4. The second-order valence-corrected chi connectivity index (χ2v) is 3.99. The summed E-state index contributed by atoms with van der Waals surface area (Å²) in [6.07, 6.45) is 5.14. The number of carbonyl (C=O) groups is 2. The fourth-order valence-corrected chi connectivity index (χ4v) is 1.70. The van der Waals surface area contributed by atoms with Gasteiger partial charge in [-0.15, -0.1) is 0 Å². The summed E-state index contributed by atoms with van der Waals surface area (Å²) in [7, 11) is 0. The van der Waals surface area contributed by atoms with Crippen molar-refractivity contribution in [2.24, 2.45) is 5.92 Å². The van der Waals surface area contributed by atoms with Crippen LogP contribution in [0.5, 0.6) is 0 Å². The Labute approximate surface area is 91.9 Å². The molecule has 0 rings (SSSR count). The van der Waals surface area contributed by atoms with Crippen LogP contribution in [0.15, 0.2) is 0 Å². The van der Waals surface area contributed by atoms with Gasteiger partial charge in [0, 0.05) is 12.3 Å². The van der Waals surface area contributed by atoms with Gasteiger partial charge in [0.25, 0.3) is 0 Å². The number of rotatable bonds is 9. The van der Waals surface area contributed by atoms with Gasteiger partial charge < -0.3 is 5.11 Å². The van der Waals surface area contributed by atoms with E-state index in [1.54, 1.807) is 0 Å². The van der Waals surface area contributed by atoms with E-state index in [-0.39, 0.29) is 24.5 Å². The van der Waals surface area contributed by atoms with E-state index >= 15 is 0 Å². The maximum atomic E-state index is 11.7. The summed E-state index contributed by atoms with van der Waals surface area (Å²) in [5, 5.41) is 8.50. The summed E-state index contributed by atoms with van der Waals surface area (Å²) >= 11 is 0. The van der Waals surface area contributed by atoms with Crippen molar-refractivity contribution in [2.75, 3.05) is 0 Å². The van der Waals surface area contributed by atoms with Crippen molar-refractivity contribution in [1.82, 2.24) is 0 Å². The van der Waals surface area contributed by atoms with E-state index in [0.717, 1.165) is 32.1 Å². The van der Waals surface area contributed by atoms with Gasteiger partial charge >= 0.3 is 5.97 Å². The lowest BCUT2D eigenvalue weighted by atomic mass is 9.90. The molecule has 1 atom stereocenters. The quantitative estimate of drug-likeness (QED) is 0.642. The Bertz CT molecular complexity index is 199. The first kappa shape index (κ1) is 14.1. The molecule has 0 aliphatic heterocycles. The van der Waals surface area contributed by atoms with E-state index < -0.39 is 5.97 Å². The molecule has 15 heavy (non-hydrogen) atoms. The van der Waals surface area contributed by atoms with Crippen molar-refractivity contribution >= 4 is 11.8 Å². The zero-order valence-electron chi connectivity index (χ0n) is 9.79. The van der Waals surface area contributed by atoms with Crippen LogP contribution in [0.2, 0.25) is 0 Å². The number of hydrogen-bond acceptors (Lipinski definition) is 2. The van der Waals surface area contributed by atoms with Crippen LogP contribution < -0.4 is 0 Å². The molecule has 3 heteroatoms.